The lowest BCUT2D eigenvalue weighted by Crippen LogP contribution is -2.34. The Labute approximate surface area is 67.6 Å². The monoisotopic (exact) mass is 156 g/mol. The molecule has 2 nitrogen and oxygen atoms in total. The molecule has 2 atom stereocenters. The quantitative estimate of drug-likeness (QED) is 0.650. The van der Waals surface area contributed by atoms with Crippen LogP contribution < -0.4 is 0 Å². The Morgan fingerprint density at radius 2 is 2.27 bits per heavy atom. The molecule has 2 heteroatoms. The number of hydrogen-bond donors (Lipinski definition) is 1. The average Bonchev–Trinajstić information content (AvgIpc) is 2.78. The van der Waals surface area contributed by atoms with Gasteiger partial charge in [0.15, 0.2) is 0 Å². The summed E-state index contributed by atoms with van der Waals surface area (Å²) < 4.78 is 5.50. The summed E-state index contributed by atoms with van der Waals surface area (Å²) in [6, 6.07) is 0. The van der Waals surface area contributed by atoms with Gasteiger partial charge < -0.3 is 9.84 Å². The van der Waals surface area contributed by atoms with Gasteiger partial charge in [0.05, 0.1) is 12.7 Å². The van der Waals surface area contributed by atoms with Crippen LogP contribution in [0.1, 0.15) is 26.2 Å². The minimum atomic E-state index is 0.139. The van der Waals surface area contributed by atoms with Crippen LogP contribution in [0.5, 0.6) is 0 Å². The lowest BCUT2D eigenvalue weighted by atomic mass is 9.78. The number of aliphatic hydroxyl groups is 1. The van der Waals surface area contributed by atoms with Crippen molar-refractivity contribution in [3.05, 3.63) is 0 Å². The van der Waals surface area contributed by atoms with Gasteiger partial charge in [0.1, 0.15) is 0 Å². The van der Waals surface area contributed by atoms with E-state index in [0.717, 1.165) is 18.9 Å². The summed E-state index contributed by atoms with van der Waals surface area (Å²) in [5.41, 5.74) is 0.139. The van der Waals surface area contributed by atoms with Crippen molar-refractivity contribution in [2.45, 2.75) is 32.3 Å². The third-order valence-corrected chi connectivity index (χ3v) is 3.43. The Hall–Kier alpha value is -0.0800. The highest BCUT2D eigenvalue weighted by Crippen LogP contribution is 2.52. The summed E-state index contributed by atoms with van der Waals surface area (Å²) in [4.78, 5) is 0. The molecule has 2 unspecified atom stereocenters. The Bertz CT molecular complexity index is 154. The summed E-state index contributed by atoms with van der Waals surface area (Å²) >= 11 is 0. The third kappa shape index (κ3) is 1.00. The van der Waals surface area contributed by atoms with E-state index in [4.69, 9.17) is 4.74 Å². The van der Waals surface area contributed by atoms with Crippen LogP contribution in [-0.4, -0.2) is 24.4 Å². The second kappa shape index (κ2) is 2.46. The molecule has 0 aromatic rings. The van der Waals surface area contributed by atoms with Gasteiger partial charge in [-0.15, -0.1) is 0 Å². The van der Waals surface area contributed by atoms with E-state index in [0.29, 0.717) is 6.61 Å². The lowest BCUT2D eigenvalue weighted by molar-refractivity contribution is 0.0131. The fourth-order valence-electron chi connectivity index (χ4n) is 2.33. The second-order valence-electron chi connectivity index (χ2n) is 3.93. The van der Waals surface area contributed by atoms with E-state index in [1.165, 1.54) is 12.8 Å². The van der Waals surface area contributed by atoms with E-state index in [1.54, 1.807) is 0 Å². The molecule has 1 aliphatic heterocycles. The molecule has 1 saturated heterocycles. The zero-order valence-electron chi connectivity index (χ0n) is 7.05. The van der Waals surface area contributed by atoms with E-state index in [-0.39, 0.29) is 11.5 Å². The van der Waals surface area contributed by atoms with E-state index in [9.17, 15) is 5.11 Å². The van der Waals surface area contributed by atoms with Crippen LogP contribution in [0.15, 0.2) is 0 Å². The van der Waals surface area contributed by atoms with Crippen LogP contribution in [0.25, 0.3) is 0 Å². The van der Waals surface area contributed by atoms with Gasteiger partial charge in [-0.05, 0) is 32.1 Å². The van der Waals surface area contributed by atoms with Crippen molar-refractivity contribution in [2.75, 3.05) is 13.2 Å². The molecule has 0 aromatic heterocycles. The molecule has 0 amide bonds. The van der Waals surface area contributed by atoms with Crippen LogP contribution in [0.3, 0.4) is 0 Å². The molecular weight excluding hydrogens is 140 g/mol. The largest absolute Gasteiger partial charge is 0.396 e. The van der Waals surface area contributed by atoms with Crippen molar-refractivity contribution >= 4 is 0 Å². The maximum absolute atomic E-state index is 9.32. The van der Waals surface area contributed by atoms with Gasteiger partial charge in [0.2, 0.25) is 0 Å². The summed E-state index contributed by atoms with van der Waals surface area (Å²) in [7, 11) is 0. The molecule has 1 saturated carbocycles. The minimum absolute atomic E-state index is 0.139. The molecule has 0 bridgehead atoms. The molecule has 0 radical (unpaired) electrons. The predicted molar refractivity (Wildman–Crippen MR) is 42.3 cm³/mol. The Balaban J connectivity index is 2.13. The van der Waals surface area contributed by atoms with Crippen LogP contribution >= 0.6 is 0 Å². The van der Waals surface area contributed by atoms with Gasteiger partial charge in [-0.2, -0.15) is 0 Å². The minimum Gasteiger partial charge on any atom is -0.396 e. The van der Waals surface area contributed by atoms with E-state index in [2.05, 4.69) is 6.92 Å². The Morgan fingerprint density at radius 1 is 1.55 bits per heavy atom. The van der Waals surface area contributed by atoms with Crippen LogP contribution in [-0.2, 0) is 4.74 Å². The molecule has 2 rings (SSSR count). The summed E-state index contributed by atoms with van der Waals surface area (Å²) in [6.45, 7) is 3.26. The first-order valence-corrected chi connectivity index (χ1v) is 4.52. The number of rotatable bonds is 2. The maximum atomic E-state index is 9.32. The first-order valence-electron chi connectivity index (χ1n) is 4.52. The Kier molecular flexibility index (Phi) is 1.69. The van der Waals surface area contributed by atoms with Gasteiger partial charge in [-0.25, -0.2) is 0 Å². The summed E-state index contributed by atoms with van der Waals surface area (Å²) in [6.07, 6.45) is 3.94. The van der Waals surface area contributed by atoms with Gasteiger partial charge in [0.25, 0.3) is 0 Å². The SMILES string of the molecule is CC1OCCC1(CO)C1CC1. The van der Waals surface area contributed by atoms with Gasteiger partial charge in [-0.3, -0.25) is 0 Å². The summed E-state index contributed by atoms with van der Waals surface area (Å²) in [5, 5.41) is 9.32. The highest BCUT2D eigenvalue weighted by molar-refractivity contribution is 5.00. The smallest absolute Gasteiger partial charge is 0.0628 e. The fraction of sp³-hybridized carbons (Fsp3) is 1.00. The molecular formula is C9H16O2. The number of aliphatic hydroxyl groups excluding tert-OH is 1. The lowest BCUT2D eigenvalue weighted by Gasteiger charge is -2.29. The molecule has 1 N–H and O–H groups in total. The molecule has 2 aliphatic rings. The Morgan fingerprint density at radius 3 is 2.64 bits per heavy atom. The third-order valence-electron chi connectivity index (χ3n) is 3.43. The second-order valence-corrected chi connectivity index (χ2v) is 3.93. The number of ether oxygens (including phenoxy) is 1. The van der Waals surface area contributed by atoms with Crippen LogP contribution in [0.2, 0.25) is 0 Å². The molecule has 64 valence electrons. The summed E-state index contributed by atoms with van der Waals surface area (Å²) in [5.74, 6) is 0.755. The average molecular weight is 156 g/mol. The molecule has 11 heavy (non-hydrogen) atoms. The predicted octanol–water partition coefficient (Wildman–Crippen LogP) is 1.18. The van der Waals surface area contributed by atoms with Crippen LogP contribution in [0, 0.1) is 11.3 Å². The van der Waals surface area contributed by atoms with Gasteiger partial charge >= 0.3 is 0 Å². The van der Waals surface area contributed by atoms with Gasteiger partial charge in [0, 0.05) is 12.0 Å². The topological polar surface area (TPSA) is 29.5 Å². The van der Waals surface area contributed by atoms with Crippen molar-refractivity contribution in [2.24, 2.45) is 11.3 Å². The standard InChI is InChI=1S/C9H16O2/c1-7-9(6-10,4-5-11-7)8-2-3-8/h7-8,10H,2-6H2,1H3. The molecule has 0 aromatic carbocycles. The highest BCUT2D eigenvalue weighted by atomic mass is 16.5. The first-order chi connectivity index (χ1) is 5.29. The number of hydrogen-bond acceptors (Lipinski definition) is 2. The maximum Gasteiger partial charge on any atom is 0.0628 e. The zero-order chi connectivity index (χ0) is 7.90. The molecule has 1 heterocycles. The van der Waals surface area contributed by atoms with E-state index in [1.807, 2.05) is 0 Å². The van der Waals surface area contributed by atoms with E-state index < -0.39 is 0 Å². The molecule has 2 fully saturated rings. The van der Waals surface area contributed by atoms with Crippen molar-refractivity contribution in [1.29, 1.82) is 0 Å². The van der Waals surface area contributed by atoms with Crippen molar-refractivity contribution < 1.29 is 9.84 Å². The molecule has 1 aliphatic carbocycles. The van der Waals surface area contributed by atoms with Crippen LogP contribution in [0.4, 0.5) is 0 Å². The first kappa shape index (κ1) is 7.56. The van der Waals surface area contributed by atoms with Crippen molar-refractivity contribution in [3.8, 4) is 0 Å². The van der Waals surface area contributed by atoms with Gasteiger partial charge in [-0.1, -0.05) is 0 Å². The van der Waals surface area contributed by atoms with E-state index >= 15 is 0 Å². The zero-order valence-corrected chi connectivity index (χ0v) is 7.05. The van der Waals surface area contributed by atoms with Crippen molar-refractivity contribution in [1.82, 2.24) is 0 Å². The normalized spacial score (nSPS) is 44.7. The van der Waals surface area contributed by atoms with Crippen molar-refractivity contribution in [3.63, 3.8) is 0 Å². The fourth-order valence-corrected chi connectivity index (χ4v) is 2.33. The molecule has 0 spiro atoms. The highest BCUT2D eigenvalue weighted by Gasteiger charge is 2.51.